The average molecular weight is 451 g/mol. The Balaban J connectivity index is 1.54. The fraction of sp³-hybridized carbons (Fsp3) is 0.565. The molecule has 1 aromatic carbocycles. The van der Waals surface area contributed by atoms with Gasteiger partial charge in [-0.1, -0.05) is 19.1 Å². The fourth-order valence-corrected chi connectivity index (χ4v) is 4.89. The average Bonchev–Trinajstić information content (AvgIpc) is 2.74. The van der Waals surface area contributed by atoms with Gasteiger partial charge in [-0.3, -0.25) is 4.98 Å². The molecule has 0 bridgehead atoms. The van der Waals surface area contributed by atoms with Gasteiger partial charge in [0.15, 0.2) is 5.75 Å². The molecule has 2 aromatic rings. The number of fused-ring (bicyclic) bond motifs is 1. The van der Waals surface area contributed by atoms with Crippen LogP contribution in [0.15, 0.2) is 30.5 Å². The lowest BCUT2D eigenvalue weighted by Gasteiger charge is -2.38. The van der Waals surface area contributed by atoms with Crippen LogP contribution in [0, 0.1) is 5.92 Å². The van der Waals surface area contributed by atoms with Crippen molar-refractivity contribution >= 4 is 16.9 Å². The van der Waals surface area contributed by atoms with Gasteiger partial charge in [0, 0.05) is 36.6 Å². The molecule has 2 saturated heterocycles. The van der Waals surface area contributed by atoms with Crippen molar-refractivity contribution in [1.29, 1.82) is 0 Å². The highest BCUT2D eigenvalue weighted by atomic mass is 19.4. The van der Waals surface area contributed by atoms with Crippen LogP contribution < -0.4 is 10.1 Å². The molecule has 0 saturated carbocycles. The highest BCUT2D eigenvalue weighted by molar-refractivity contribution is 5.88. The van der Waals surface area contributed by atoms with E-state index >= 15 is 0 Å². The number of nitrogens with zero attached hydrogens (tertiary/aromatic N) is 3. The second-order valence-electron chi connectivity index (χ2n) is 9.07. The first-order chi connectivity index (χ1) is 15.2. The number of hydrogen-bond acceptors (Lipinski definition) is 4. The van der Waals surface area contributed by atoms with Gasteiger partial charge in [-0.05, 0) is 63.0 Å². The van der Waals surface area contributed by atoms with Crippen LogP contribution in [0.2, 0.25) is 0 Å². The van der Waals surface area contributed by atoms with Gasteiger partial charge in [0.05, 0.1) is 0 Å². The highest BCUT2D eigenvalue weighted by Crippen LogP contribution is 2.38. The zero-order valence-electron chi connectivity index (χ0n) is 18.4. The smallest absolute Gasteiger partial charge is 0.403 e. The highest BCUT2D eigenvalue weighted by Gasteiger charge is 2.34. The number of likely N-dealkylation sites (tertiary alicyclic amines) is 2. The van der Waals surface area contributed by atoms with E-state index in [0.29, 0.717) is 18.5 Å². The number of pyridine rings is 1. The Kier molecular flexibility index (Phi) is 6.46. The molecule has 9 heteroatoms. The molecule has 0 unspecified atom stereocenters. The maximum atomic E-state index is 13.0. The number of aromatic nitrogens is 1. The van der Waals surface area contributed by atoms with Crippen molar-refractivity contribution < 1.29 is 22.7 Å². The summed E-state index contributed by atoms with van der Waals surface area (Å²) in [6, 6.07) is 6.61. The zero-order chi connectivity index (χ0) is 22.9. The molecule has 1 N–H and O–H groups in total. The number of alkyl halides is 3. The molecule has 174 valence electrons. The summed E-state index contributed by atoms with van der Waals surface area (Å²) in [7, 11) is 2.08. The van der Waals surface area contributed by atoms with Crippen molar-refractivity contribution in [3.8, 4) is 5.75 Å². The van der Waals surface area contributed by atoms with Crippen LogP contribution in [0.25, 0.3) is 10.9 Å². The Morgan fingerprint density at radius 1 is 1.19 bits per heavy atom. The molecule has 2 aliphatic heterocycles. The first-order valence-corrected chi connectivity index (χ1v) is 11.1. The summed E-state index contributed by atoms with van der Waals surface area (Å²) >= 11 is 0. The largest absolute Gasteiger partial charge is 0.573 e. The molecular weight excluding hydrogens is 421 g/mol. The lowest BCUT2D eigenvalue weighted by atomic mass is 9.84. The van der Waals surface area contributed by atoms with E-state index < -0.39 is 6.36 Å². The molecule has 0 radical (unpaired) electrons. The minimum Gasteiger partial charge on any atom is -0.403 e. The predicted octanol–water partition coefficient (Wildman–Crippen LogP) is 4.36. The van der Waals surface area contributed by atoms with E-state index in [4.69, 9.17) is 0 Å². The zero-order valence-corrected chi connectivity index (χ0v) is 18.4. The Hall–Kier alpha value is -2.55. The summed E-state index contributed by atoms with van der Waals surface area (Å²) in [4.78, 5) is 21.2. The molecule has 2 amide bonds. The Labute approximate surface area is 185 Å². The van der Waals surface area contributed by atoms with Crippen LogP contribution in [0.4, 0.5) is 18.0 Å². The van der Waals surface area contributed by atoms with E-state index in [1.165, 1.54) is 12.3 Å². The van der Waals surface area contributed by atoms with Crippen molar-refractivity contribution in [2.45, 2.75) is 44.5 Å². The third-order valence-corrected chi connectivity index (χ3v) is 6.42. The lowest BCUT2D eigenvalue weighted by molar-refractivity contribution is -0.274. The van der Waals surface area contributed by atoms with E-state index in [1.807, 2.05) is 4.90 Å². The van der Waals surface area contributed by atoms with Crippen LogP contribution in [0.3, 0.4) is 0 Å². The normalized spacial score (nSPS) is 23.3. The Morgan fingerprint density at radius 2 is 1.94 bits per heavy atom. The van der Waals surface area contributed by atoms with Gasteiger partial charge >= 0.3 is 12.4 Å². The minimum atomic E-state index is -4.78. The summed E-state index contributed by atoms with van der Waals surface area (Å²) in [6.07, 6.45) is -0.603. The molecule has 2 atom stereocenters. The lowest BCUT2D eigenvalue weighted by Crippen LogP contribution is -2.52. The van der Waals surface area contributed by atoms with E-state index in [1.54, 1.807) is 18.2 Å². The predicted molar refractivity (Wildman–Crippen MR) is 116 cm³/mol. The van der Waals surface area contributed by atoms with Crippen molar-refractivity contribution in [1.82, 2.24) is 20.1 Å². The third kappa shape index (κ3) is 5.26. The van der Waals surface area contributed by atoms with Gasteiger partial charge in [-0.2, -0.15) is 0 Å². The summed E-state index contributed by atoms with van der Waals surface area (Å²) in [5.41, 5.74) is 1.08. The topological polar surface area (TPSA) is 57.7 Å². The first kappa shape index (κ1) is 22.6. The van der Waals surface area contributed by atoms with E-state index in [2.05, 4.69) is 33.9 Å². The number of halogens is 3. The van der Waals surface area contributed by atoms with Crippen molar-refractivity contribution in [3.63, 3.8) is 0 Å². The number of ether oxygens (including phenoxy) is 1. The van der Waals surface area contributed by atoms with Gasteiger partial charge in [-0.25, -0.2) is 4.79 Å². The first-order valence-electron chi connectivity index (χ1n) is 11.1. The molecule has 0 aliphatic carbocycles. The maximum Gasteiger partial charge on any atom is 0.573 e. The minimum absolute atomic E-state index is 0.00799. The van der Waals surface area contributed by atoms with Gasteiger partial charge < -0.3 is 19.9 Å². The number of piperidine rings is 2. The van der Waals surface area contributed by atoms with Crippen LogP contribution in [0.5, 0.6) is 5.75 Å². The van der Waals surface area contributed by atoms with Crippen molar-refractivity contribution in [3.05, 3.63) is 36.0 Å². The summed E-state index contributed by atoms with van der Waals surface area (Å²) in [5, 5.41) is 3.81. The number of carbonyl (C=O) groups is 1. The second-order valence-corrected chi connectivity index (χ2v) is 9.07. The number of nitrogens with one attached hydrogen (secondary N) is 1. The van der Waals surface area contributed by atoms with E-state index in [-0.39, 0.29) is 35.2 Å². The van der Waals surface area contributed by atoms with Gasteiger partial charge in [-0.15, -0.1) is 13.2 Å². The molecule has 2 aliphatic rings. The van der Waals surface area contributed by atoms with Crippen molar-refractivity contribution in [2.24, 2.45) is 5.92 Å². The molecule has 3 heterocycles. The van der Waals surface area contributed by atoms with E-state index in [0.717, 1.165) is 37.9 Å². The molecule has 6 nitrogen and oxygen atoms in total. The fourth-order valence-electron chi connectivity index (χ4n) is 4.89. The van der Waals surface area contributed by atoms with Crippen molar-refractivity contribution in [2.75, 3.05) is 33.2 Å². The number of rotatable bonds is 3. The third-order valence-electron chi connectivity index (χ3n) is 6.42. The van der Waals surface area contributed by atoms with Crippen LogP contribution >= 0.6 is 0 Å². The standard InChI is InChI=1S/C23H29F3N4O2/c1-15-12-16(14-30(13-15)22(31)28-17-7-10-29(2)11-8-17)18-5-6-20(32-23(24,25)26)21-19(18)4-3-9-27-21/h3-6,9,15-17H,7-8,10-14H2,1-2H3,(H,28,31)/t15-,16+/m1/s1. The Morgan fingerprint density at radius 3 is 2.66 bits per heavy atom. The number of carbonyl (C=O) groups excluding carboxylic acids is 1. The number of hydrogen-bond donors (Lipinski definition) is 1. The Bertz CT molecular complexity index is 960. The van der Waals surface area contributed by atoms with Crippen LogP contribution in [0.1, 0.15) is 37.7 Å². The molecule has 1 aromatic heterocycles. The summed E-state index contributed by atoms with van der Waals surface area (Å²) in [6.45, 7) is 5.22. The molecule has 4 rings (SSSR count). The van der Waals surface area contributed by atoms with Gasteiger partial charge in [0.2, 0.25) is 0 Å². The molecular formula is C23H29F3N4O2. The maximum absolute atomic E-state index is 13.0. The second kappa shape index (κ2) is 9.13. The van der Waals surface area contributed by atoms with Crippen LogP contribution in [-0.2, 0) is 0 Å². The number of benzene rings is 1. The quantitative estimate of drug-likeness (QED) is 0.755. The summed E-state index contributed by atoms with van der Waals surface area (Å²) in [5.74, 6) is -0.0268. The van der Waals surface area contributed by atoms with E-state index in [9.17, 15) is 18.0 Å². The summed E-state index contributed by atoms with van der Waals surface area (Å²) < 4.78 is 42.7. The number of urea groups is 1. The molecule has 0 spiro atoms. The number of amides is 2. The van der Waals surface area contributed by atoms with Gasteiger partial charge in [0.25, 0.3) is 0 Å². The molecule has 2 fully saturated rings. The van der Waals surface area contributed by atoms with Crippen LogP contribution in [-0.4, -0.2) is 66.4 Å². The SMILES string of the molecule is C[C@@H]1C[C@H](c2ccc(OC(F)(F)F)c3ncccc23)CN(C(=O)NC2CCN(C)CC2)C1. The monoisotopic (exact) mass is 450 g/mol. The van der Waals surface area contributed by atoms with Gasteiger partial charge in [0.1, 0.15) is 5.52 Å². The molecule has 32 heavy (non-hydrogen) atoms.